The molecule has 0 radical (unpaired) electrons. The van der Waals surface area contributed by atoms with Gasteiger partial charge < -0.3 is 15.2 Å². The van der Waals surface area contributed by atoms with Gasteiger partial charge in [0.25, 0.3) is 0 Å². The number of carbonyl (C=O) groups excluding carboxylic acids is 1. The van der Waals surface area contributed by atoms with Gasteiger partial charge in [0, 0.05) is 18.3 Å². The number of carbonyl (C=O) groups is 2. The quantitative estimate of drug-likeness (QED) is 0.296. The second-order valence-electron chi connectivity index (χ2n) is 7.45. The summed E-state index contributed by atoms with van der Waals surface area (Å²) < 4.78 is 43.7. The van der Waals surface area contributed by atoms with Crippen LogP contribution in [0.1, 0.15) is 18.1 Å². The minimum Gasteiger partial charge on any atom is -0.487 e. The van der Waals surface area contributed by atoms with Gasteiger partial charge in [0.1, 0.15) is 0 Å². The summed E-state index contributed by atoms with van der Waals surface area (Å²) in [5, 5.41) is 12.0. The Kier molecular flexibility index (Phi) is 7.80. The van der Waals surface area contributed by atoms with Crippen molar-refractivity contribution >= 4 is 29.5 Å². The molecule has 0 aliphatic heterocycles. The smallest absolute Gasteiger partial charge is 0.416 e. The lowest BCUT2D eigenvalue weighted by atomic mass is 10.0. The van der Waals surface area contributed by atoms with Gasteiger partial charge in [-0.1, -0.05) is 42.5 Å². The number of carboxylic acids is 1. The van der Waals surface area contributed by atoms with Crippen LogP contribution in [0.15, 0.2) is 78.6 Å². The molecule has 0 aliphatic carbocycles. The highest BCUT2D eigenvalue weighted by Crippen LogP contribution is 2.31. The maximum Gasteiger partial charge on any atom is 0.416 e. The zero-order valence-electron chi connectivity index (χ0n) is 19.0. The standard InChI is InChI=1S/C26H23F3N2O4/c1-3-35-23(24(32)33)16-19-10-9-18(17-7-5-4-6-8-17)15-22(19)31(2)25(34)30-21-13-11-20(12-14-21)26(27,28)29/h4-16H,3H2,1-2H3,(H,30,34)(H,32,33)/b23-16-. The van der Waals surface area contributed by atoms with E-state index in [-0.39, 0.29) is 18.1 Å². The minimum absolute atomic E-state index is 0.139. The van der Waals surface area contributed by atoms with Gasteiger partial charge in [-0.25, -0.2) is 9.59 Å². The number of carboxylic acid groups (broad SMARTS) is 1. The molecule has 0 fully saturated rings. The fraction of sp³-hybridized carbons (Fsp3) is 0.154. The summed E-state index contributed by atoms with van der Waals surface area (Å²) in [4.78, 5) is 25.8. The van der Waals surface area contributed by atoms with E-state index in [4.69, 9.17) is 4.74 Å². The maximum atomic E-state index is 13.0. The van der Waals surface area contributed by atoms with Crippen molar-refractivity contribution in [3.63, 3.8) is 0 Å². The fourth-order valence-electron chi connectivity index (χ4n) is 3.29. The van der Waals surface area contributed by atoms with Crippen molar-refractivity contribution in [2.24, 2.45) is 0 Å². The molecule has 3 aromatic rings. The number of hydrogen-bond donors (Lipinski definition) is 2. The monoisotopic (exact) mass is 484 g/mol. The van der Waals surface area contributed by atoms with Crippen molar-refractivity contribution in [2.45, 2.75) is 13.1 Å². The van der Waals surface area contributed by atoms with Gasteiger partial charge >= 0.3 is 18.2 Å². The zero-order valence-corrected chi connectivity index (χ0v) is 19.0. The SMILES string of the molecule is CCO/C(=C\c1ccc(-c2ccccc2)cc1N(C)C(=O)Nc1ccc(C(F)(F)F)cc1)C(=O)O. The zero-order chi connectivity index (χ0) is 25.6. The molecular weight excluding hydrogens is 461 g/mol. The average molecular weight is 484 g/mol. The summed E-state index contributed by atoms with van der Waals surface area (Å²) >= 11 is 0. The number of nitrogens with one attached hydrogen (secondary N) is 1. The summed E-state index contributed by atoms with van der Waals surface area (Å²) in [5.74, 6) is -1.56. The Morgan fingerprint density at radius 1 is 1.00 bits per heavy atom. The maximum absolute atomic E-state index is 13.0. The molecule has 0 unspecified atom stereocenters. The Balaban J connectivity index is 1.98. The highest BCUT2D eigenvalue weighted by molar-refractivity contribution is 6.03. The number of benzene rings is 3. The number of hydrogen-bond acceptors (Lipinski definition) is 3. The van der Waals surface area contributed by atoms with Crippen molar-refractivity contribution in [3.05, 3.63) is 89.7 Å². The lowest BCUT2D eigenvalue weighted by Gasteiger charge is -2.22. The molecule has 3 aromatic carbocycles. The molecule has 0 saturated carbocycles. The lowest BCUT2D eigenvalue weighted by molar-refractivity contribution is -0.138. The van der Waals surface area contributed by atoms with Crippen LogP contribution in [-0.4, -0.2) is 30.8 Å². The highest BCUT2D eigenvalue weighted by Gasteiger charge is 2.30. The Bertz CT molecular complexity index is 1220. The number of urea groups is 1. The van der Waals surface area contributed by atoms with Crippen molar-refractivity contribution in [2.75, 3.05) is 23.9 Å². The van der Waals surface area contributed by atoms with Gasteiger partial charge in [-0.3, -0.25) is 4.90 Å². The Hall–Kier alpha value is -4.27. The molecule has 0 spiro atoms. The van der Waals surface area contributed by atoms with E-state index in [1.165, 1.54) is 18.0 Å². The van der Waals surface area contributed by atoms with Crippen molar-refractivity contribution < 1.29 is 32.6 Å². The molecule has 0 aromatic heterocycles. The molecule has 6 nitrogen and oxygen atoms in total. The second kappa shape index (κ2) is 10.8. The topological polar surface area (TPSA) is 78.9 Å². The first-order chi connectivity index (χ1) is 16.6. The molecule has 182 valence electrons. The van der Waals surface area contributed by atoms with Gasteiger partial charge in [-0.2, -0.15) is 13.2 Å². The van der Waals surface area contributed by atoms with Crippen LogP contribution in [0.4, 0.5) is 29.3 Å². The first-order valence-corrected chi connectivity index (χ1v) is 10.6. The van der Waals surface area contributed by atoms with Crippen molar-refractivity contribution in [1.29, 1.82) is 0 Å². The number of halogens is 3. The number of ether oxygens (including phenoxy) is 1. The number of nitrogens with zero attached hydrogens (tertiary/aromatic N) is 1. The van der Waals surface area contributed by atoms with E-state index >= 15 is 0 Å². The summed E-state index contributed by atoms with van der Waals surface area (Å²) in [6.07, 6.45) is -3.17. The average Bonchev–Trinajstić information content (AvgIpc) is 2.83. The van der Waals surface area contributed by atoms with Gasteiger partial charge in [0.05, 0.1) is 17.9 Å². The van der Waals surface area contributed by atoms with E-state index in [9.17, 15) is 27.9 Å². The number of rotatable bonds is 7. The normalized spacial score (nSPS) is 11.6. The molecule has 0 bridgehead atoms. The summed E-state index contributed by atoms with van der Waals surface area (Å²) in [6.45, 7) is 1.79. The number of amides is 2. The number of aliphatic carboxylic acids is 1. The van der Waals surface area contributed by atoms with Crippen LogP contribution in [0, 0.1) is 0 Å². The van der Waals surface area contributed by atoms with E-state index < -0.39 is 23.7 Å². The molecular formula is C26H23F3N2O4. The van der Waals surface area contributed by atoms with Crippen LogP contribution in [0.3, 0.4) is 0 Å². The molecule has 2 amide bonds. The van der Waals surface area contributed by atoms with Crippen LogP contribution < -0.4 is 10.2 Å². The third-order valence-electron chi connectivity index (χ3n) is 5.06. The molecule has 0 atom stereocenters. The number of alkyl halides is 3. The van der Waals surface area contributed by atoms with Crippen LogP contribution in [0.2, 0.25) is 0 Å². The van der Waals surface area contributed by atoms with E-state index in [0.29, 0.717) is 11.3 Å². The number of anilines is 2. The van der Waals surface area contributed by atoms with Gasteiger partial charge in [0.15, 0.2) is 0 Å². The summed E-state index contributed by atoms with van der Waals surface area (Å²) in [7, 11) is 1.47. The molecule has 9 heteroatoms. The van der Waals surface area contributed by atoms with E-state index in [1.807, 2.05) is 30.3 Å². The van der Waals surface area contributed by atoms with Crippen LogP contribution in [0.5, 0.6) is 0 Å². The predicted molar refractivity (Wildman–Crippen MR) is 128 cm³/mol. The summed E-state index contributed by atoms with van der Waals surface area (Å²) in [5.41, 5.74) is 1.77. The first-order valence-electron chi connectivity index (χ1n) is 10.6. The third-order valence-corrected chi connectivity index (χ3v) is 5.06. The Labute approximate surface area is 200 Å². The van der Waals surface area contributed by atoms with Gasteiger partial charge in [-0.15, -0.1) is 0 Å². The lowest BCUT2D eigenvalue weighted by Crippen LogP contribution is -2.31. The minimum atomic E-state index is -4.49. The van der Waals surface area contributed by atoms with E-state index in [1.54, 1.807) is 25.1 Å². The van der Waals surface area contributed by atoms with Crippen LogP contribution in [0.25, 0.3) is 17.2 Å². The largest absolute Gasteiger partial charge is 0.487 e. The summed E-state index contributed by atoms with van der Waals surface area (Å²) in [6, 6.07) is 18.0. The van der Waals surface area contributed by atoms with Gasteiger partial charge in [-0.05, 0) is 54.5 Å². The molecule has 0 heterocycles. The van der Waals surface area contributed by atoms with Gasteiger partial charge in [0.2, 0.25) is 5.76 Å². The second-order valence-corrected chi connectivity index (χ2v) is 7.45. The fourth-order valence-corrected chi connectivity index (χ4v) is 3.29. The van der Waals surface area contributed by atoms with Crippen LogP contribution >= 0.6 is 0 Å². The molecule has 0 aliphatic rings. The van der Waals surface area contributed by atoms with Crippen molar-refractivity contribution in [1.82, 2.24) is 0 Å². The first kappa shape index (κ1) is 25.4. The molecule has 35 heavy (non-hydrogen) atoms. The van der Waals surface area contributed by atoms with Crippen molar-refractivity contribution in [3.8, 4) is 11.1 Å². The molecule has 0 saturated heterocycles. The predicted octanol–water partition coefficient (Wildman–Crippen LogP) is 6.50. The Morgan fingerprint density at radius 2 is 1.66 bits per heavy atom. The molecule has 3 rings (SSSR count). The van der Waals surface area contributed by atoms with E-state index in [2.05, 4.69) is 5.32 Å². The Morgan fingerprint density at radius 3 is 2.23 bits per heavy atom. The highest BCUT2D eigenvalue weighted by atomic mass is 19.4. The molecule has 2 N–H and O–H groups in total. The van der Waals surface area contributed by atoms with Crippen LogP contribution in [-0.2, 0) is 15.7 Å². The third kappa shape index (κ3) is 6.41. The van der Waals surface area contributed by atoms with E-state index in [0.717, 1.165) is 35.4 Å².